The van der Waals surface area contributed by atoms with E-state index in [1.165, 1.54) is 6.07 Å². The Hall–Kier alpha value is -2.17. The molecule has 0 spiro atoms. The van der Waals surface area contributed by atoms with Crippen molar-refractivity contribution in [1.29, 1.82) is 5.26 Å². The smallest absolute Gasteiger partial charge is 0.258 e. The van der Waals surface area contributed by atoms with Crippen LogP contribution in [0.2, 0.25) is 0 Å². The van der Waals surface area contributed by atoms with Crippen LogP contribution in [0.5, 0.6) is 0 Å². The molecule has 0 aliphatic heterocycles. The fraction of sp³-hybridized carbons (Fsp3) is 0.250. The van der Waals surface area contributed by atoms with Crippen molar-refractivity contribution in [3.8, 4) is 6.07 Å². The molecule has 0 saturated heterocycles. The minimum atomic E-state index is -3.23. The fourth-order valence-electron chi connectivity index (χ4n) is 1.17. The van der Waals surface area contributed by atoms with Gasteiger partial charge in [0.2, 0.25) is 5.95 Å². The molecule has 5 nitrogen and oxygen atoms in total. The van der Waals surface area contributed by atoms with Crippen LogP contribution in [0.4, 0.5) is 18.9 Å². The van der Waals surface area contributed by atoms with Gasteiger partial charge in [-0.25, -0.2) is 13.8 Å². The summed E-state index contributed by atoms with van der Waals surface area (Å²) in [5.74, 6) is -1.29. The van der Waals surface area contributed by atoms with E-state index in [0.717, 1.165) is 0 Å². The Morgan fingerprint density at radius 1 is 1.62 bits per heavy atom. The monoisotopic (exact) mass is 231 g/mol. The number of nitriles is 1. The van der Waals surface area contributed by atoms with Crippen LogP contribution < -0.4 is 0 Å². The third-order valence-corrected chi connectivity index (χ3v) is 1.82. The second kappa shape index (κ2) is 4.57. The van der Waals surface area contributed by atoms with Crippen LogP contribution in [0.25, 0.3) is 0 Å². The van der Waals surface area contributed by atoms with Crippen molar-refractivity contribution in [2.75, 3.05) is 0 Å². The Bertz CT molecular complexity index is 470. The largest absolute Gasteiger partial charge is 0.296 e. The lowest BCUT2D eigenvalue weighted by atomic mass is 10.1. The molecule has 84 valence electrons. The molecular formula is C8H4F3N3O2. The molecule has 0 unspecified atom stereocenters. The molecule has 0 radical (unpaired) electrons. The van der Waals surface area contributed by atoms with E-state index in [0.29, 0.717) is 6.20 Å². The molecule has 0 N–H and O–H groups in total. The van der Waals surface area contributed by atoms with Crippen LogP contribution in [0.15, 0.2) is 6.20 Å². The minimum absolute atomic E-state index is 0.414. The Morgan fingerprint density at radius 3 is 2.69 bits per heavy atom. The first-order chi connectivity index (χ1) is 7.49. The lowest BCUT2D eigenvalue weighted by Gasteiger charge is -2.06. The van der Waals surface area contributed by atoms with Crippen molar-refractivity contribution >= 4 is 5.69 Å². The molecule has 1 aromatic heterocycles. The molecule has 1 heterocycles. The first-order valence-electron chi connectivity index (χ1n) is 3.95. The number of pyridine rings is 1. The molecule has 0 bridgehead atoms. The molecule has 16 heavy (non-hydrogen) atoms. The number of rotatable bonds is 3. The maximum atomic E-state index is 13.0. The van der Waals surface area contributed by atoms with Crippen molar-refractivity contribution in [1.82, 2.24) is 4.98 Å². The van der Waals surface area contributed by atoms with Crippen molar-refractivity contribution in [2.45, 2.75) is 12.8 Å². The minimum Gasteiger partial charge on any atom is -0.258 e. The Kier molecular flexibility index (Phi) is 3.40. The zero-order valence-corrected chi connectivity index (χ0v) is 7.65. The van der Waals surface area contributed by atoms with E-state index in [1.807, 2.05) is 0 Å². The predicted octanol–water partition coefficient (Wildman–Crippen LogP) is 2.13. The second-order valence-corrected chi connectivity index (χ2v) is 2.72. The SMILES string of the molecule is N#CCc1c(F)ncc([N+](=O)[O-])c1C(F)F. The van der Waals surface area contributed by atoms with Gasteiger partial charge in [-0.2, -0.15) is 9.65 Å². The fourth-order valence-corrected chi connectivity index (χ4v) is 1.17. The van der Waals surface area contributed by atoms with E-state index in [9.17, 15) is 23.3 Å². The van der Waals surface area contributed by atoms with Crippen LogP contribution in [0, 0.1) is 27.4 Å². The summed E-state index contributed by atoms with van der Waals surface area (Å²) in [4.78, 5) is 12.3. The standard InChI is InChI=1S/C8H4F3N3O2/c9-7(10)6-4(1-2-12)8(11)13-3-5(6)14(15)16/h3,7H,1H2. The Labute approximate surface area is 87.3 Å². The van der Waals surface area contributed by atoms with Gasteiger partial charge in [0.15, 0.2) is 0 Å². The summed E-state index contributed by atoms with van der Waals surface area (Å²) >= 11 is 0. The van der Waals surface area contributed by atoms with Crippen LogP contribution in [0.1, 0.15) is 17.6 Å². The van der Waals surface area contributed by atoms with Gasteiger partial charge in [0, 0.05) is 5.56 Å². The van der Waals surface area contributed by atoms with Crippen molar-refractivity contribution in [3.63, 3.8) is 0 Å². The average Bonchev–Trinajstić information content (AvgIpc) is 2.20. The average molecular weight is 231 g/mol. The van der Waals surface area contributed by atoms with Gasteiger partial charge in [0.05, 0.1) is 17.4 Å². The summed E-state index contributed by atoms with van der Waals surface area (Å²) in [5.41, 5.74) is -2.80. The number of alkyl halides is 2. The van der Waals surface area contributed by atoms with Gasteiger partial charge < -0.3 is 0 Å². The van der Waals surface area contributed by atoms with Crippen LogP contribution in [-0.4, -0.2) is 9.91 Å². The van der Waals surface area contributed by atoms with Crippen LogP contribution in [-0.2, 0) is 6.42 Å². The Morgan fingerprint density at radius 2 is 2.25 bits per heavy atom. The summed E-state index contributed by atoms with van der Waals surface area (Å²) in [6, 6.07) is 1.45. The van der Waals surface area contributed by atoms with E-state index >= 15 is 0 Å². The number of halogens is 3. The van der Waals surface area contributed by atoms with Gasteiger partial charge in [0.25, 0.3) is 12.1 Å². The van der Waals surface area contributed by atoms with E-state index in [-0.39, 0.29) is 0 Å². The van der Waals surface area contributed by atoms with Crippen molar-refractivity contribution in [2.24, 2.45) is 0 Å². The van der Waals surface area contributed by atoms with Gasteiger partial charge >= 0.3 is 0 Å². The van der Waals surface area contributed by atoms with E-state index in [2.05, 4.69) is 4.98 Å². The highest BCUT2D eigenvalue weighted by Crippen LogP contribution is 2.32. The van der Waals surface area contributed by atoms with Gasteiger partial charge in [0.1, 0.15) is 11.8 Å². The van der Waals surface area contributed by atoms with Gasteiger partial charge in [-0.1, -0.05) is 0 Å². The third kappa shape index (κ3) is 2.08. The van der Waals surface area contributed by atoms with Gasteiger partial charge in [-0.15, -0.1) is 0 Å². The molecule has 1 aromatic rings. The summed E-state index contributed by atoms with van der Waals surface area (Å²) < 4.78 is 38.1. The molecule has 0 saturated carbocycles. The molecular weight excluding hydrogens is 227 g/mol. The molecule has 8 heteroatoms. The van der Waals surface area contributed by atoms with Crippen molar-refractivity contribution in [3.05, 3.63) is 33.4 Å². The number of nitro groups is 1. The zero-order valence-electron chi connectivity index (χ0n) is 7.65. The quantitative estimate of drug-likeness (QED) is 0.453. The maximum absolute atomic E-state index is 13.0. The number of nitrogens with zero attached hydrogens (tertiary/aromatic N) is 3. The topological polar surface area (TPSA) is 79.8 Å². The molecule has 0 fully saturated rings. The van der Waals surface area contributed by atoms with Crippen LogP contribution >= 0.6 is 0 Å². The van der Waals surface area contributed by atoms with E-state index in [1.54, 1.807) is 0 Å². The zero-order chi connectivity index (χ0) is 12.3. The van der Waals surface area contributed by atoms with Crippen molar-refractivity contribution < 1.29 is 18.1 Å². The third-order valence-electron chi connectivity index (χ3n) is 1.82. The maximum Gasteiger partial charge on any atom is 0.296 e. The lowest BCUT2D eigenvalue weighted by molar-refractivity contribution is -0.386. The molecule has 0 aromatic carbocycles. The lowest BCUT2D eigenvalue weighted by Crippen LogP contribution is -2.05. The highest BCUT2D eigenvalue weighted by atomic mass is 19.3. The van der Waals surface area contributed by atoms with Gasteiger partial charge in [-0.05, 0) is 0 Å². The number of hydrogen-bond donors (Lipinski definition) is 0. The molecule has 0 aliphatic carbocycles. The molecule has 0 aliphatic rings. The second-order valence-electron chi connectivity index (χ2n) is 2.72. The van der Waals surface area contributed by atoms with E-state index in [4.69, 9.17) is 5.26 Å². The van der Waals surface area contributed by atoms with Gasteiger partial charge in [-0.3, -0.25) is 10.1 Å². The Balaban J connectivity index is 3.51. The van der Waals surface area contributed by atoms with E-state index < -0.39 is 40.5 Å². The first-order valence-corrected chi connectivity index (χ1v) is 3.95. The number of hydrogen-bond acceptors (Lipinski definition) is 4. The summed E-state index contributed by atoms with van der Waals surface area (Å²) in [7, 11) is 0. The molecule has 1 rings (SSSR count). The number of aromatic nitrogens is 1. The first kappa shape index (κ1) is 11.9. The summed E-state index contributed by atoms with van der Waals surface area (Å²) in [6.45, 7) is 0. The highest BCUT2D eigenvalue weighted by Gasteiger charge is 2.28. The van der Waals surface area contributed by atoms with Crippen LogP contribution in [0.3, 0.4) is 0 Å². The summed E-state index contributed by atoms with van der Waals surface area (Å²) in [6.07, 6.45) is -3.51. The normalized spacial score (nSPS) is 10.2. The molecule has 0 amide bonds. The highest BCUT2D eigenvalue weighted by molar-refractivity contribution is 5.45. The predicted molar refractivity (Wildman–Crippen MR) is 45.1 cm³/mol. The summed E-state index contributed by atoms with van der Waals surface area (Å²) in [5, 5.41) is 18.7. The molecule has 0 atom stereocenters.